The number of aromatic nitrogens is 3. The van der Waals surface area contributed by atoms with Crippen LogP contribution in [-0.4, -0.2) is 27.4 Å². The second-order valence-electron chi connectivity index (χ2n) is 2.97. The molecule has 0 unspecified atom stereocenters. The van der Waals surface area contributed by atoms with Crippen LogP contribution in [-0.2, 0) is 0 Å². The lowest BCUT2D eigenvalue weighted by atomic mass is 10.4. The molecule has 1 amide bonds. The maximum atomic E-state index is 11.5. The molecule has 0 atom stereocenters. The predicted octanol–water partition coefficient (Wildman–Crippen LogP) is 1.35. The molecule has 0 fully saturated rings. The molecule has 0 saturated heterocycles. The molecular formula is C10H10N4OS. The van der Waals surface area contributed by atoms with Gasteiger partial charge in [-0.1, -0.05) is 0 Å². The lowest BCUT2D eigenvalue weighted by Crippen LogP contribution is -2.22. The highest BCUT2D eigenvalue weighted by molar-refractivity contribution is 7.13. The van der Waals surface area contributed by atoms with E-state index in [1.807, 2.05) is 6.92 Å². The van der Waals surface area contributed by atoms with Gasteiger partial charge in [0.25, 0.3) is 5.91 Å². The van der Waals surface area contributed by atoms with Crippen molar-refractivity contribution >= 4 is 17.2 Å². The van der Waals surface area contributed by atoms with Gasteiger partial charge in [0.15, 0.2) is 10.8 Å². The highest BCUT2D eigenvalue weighted by atomic mass is 32.1. The summed E-state index contributed by atoms with van der Waals surface area (Å²) in [5.41, 5.74) is 0.411. The van der Waals surface area contributed by atoms with Crippen LogP contribution in [0.25, 0.3) is 10.8 Å². The van der Waals surface area contributed by atoms with E-state index in [9.17, 15) is 4.79 Å². The van der Waals surface area contributed by atoms with Crippen LogP contribution in [0.1, 0.15) is 17.4 Å². The zero-order chi connectivity index (χ0) is 11.4. The van der Waals surface area contributed by atoms with E-state index in [1.165, 1.54) is 11.3 Å². The first-order valence-electron chi connectivity index (χ1n) is 4.82. The number of carbonyl (C=O) groups excluding carboxylic acids is 1. The zero-order valence-corrected chi connectivity index (χ0v) is 9.49. The normalized spacial score (nSPS) is 10.1. The molecule has 2 heterocycles. The fraction of sp³-hybridized carbons (Fsp3) is 0.200. The van der Waals surface area contributed by atoms with Gasteiger partial charge in [-0.05, 0) is 13.0 Å². The van der Waals surface area contributed by atoms with E-state index in [0.717, 1.165) is 0 Å². The molecule has 2 aromatic heterocycles. The Bertz CT molecular complexity index is 483. The summed E-state index contributed by atoms with van der Waals surface area (Å²) in [6.07, 6.45) is 3.30. The molecule has 0 aliphatic carbocycles. The molecule has 1 N–H and O–H groups in total. The van der Waals surface area contributed by atoms with Gasteiger partial charge < -0.3 is 5.32 Å². The lowest BCUT2D eigenvalue weighted by Gasteiger charge is -1.96. The van der Waals surface area contributed by atoms with Gasteiger partial charge >= 0.3 is 0 Å². The average molecular weight is 234 g/mol. The van der Waals surface area contributed by atoms with Crippen molar-refractivity contribution in [2.75, 3.05) is 6.54 Å². The van der Waals surface area contributed by atoms with Crippen LogP contribution in [0.2, 0.25) is 0 Å². The van der Waals surface area contributed by atoms with E-state index in [0.29, 0.717) is 23.1 Å². The van der Waals surface area contributed by atoms with Crippen LogP contribution >= 0.6 is 11.3 Å². The minimum absolute atomic E-state index is 0.166. The number of rotatable bonds is 3. The van der Waals surface area contributed by atoms with Crippen LogP contribution in [0.3, 0.4) is 0 Å². The minimum Gasteiger partial charge on any atom is -0.351 e. The summed E-state index contributed by atoms with van der Waals surface area (Å²) in [4.78, 5) is 23.8. The van der Waals surface area contributed by atoms with E-state index in [-0.39, 0.29) is 5.91 Å². The van der Waals surface area contributed by atoms with E-state index < -0.39 is 0 Å². The van der Waals surface area contributed by atoms with Gasteiger partial charge in [-0.2, -0.15) is 0 Å². The molecule has 2 rings (SSSR count). The van der Waals surface area contributed by atoms with Gasteiger partial charge in [-0.25, -0.2) is 15.0 Å². The Balaban J connectivity index is 2.23. The average Bonchev–Trinajstić information content (AvgIpc) is 2.80. The number of carbonyl (C=O) groups is 1. The molecule has 16 heavy (non-hydrogen) atoms. The van der Waals surface area contributed by atoms with E-state index >= 15 is 0 Å². The first-order valence-corrected chi connectivity index (χ1v) is 5.70. The summed E-state index contributed by atoms with van der Waals surface area (Å²) in [5, 5.41) is 5.05. The van der Waals surface area contributed by atoms with Gasteiger partial charge in [0.2, 0.25) is 0 Å². The van der Waals surface area contributed by atoms with Crippen molar-refractivity contribution in [1.29, 1.82) is 0 Å². The van der Waals surface area contributed by atoms with Crippen LogP contribution in [0, 0.1) is 0 Å². The number of nitrogens with zero attached hydrogens (tertiary/aromatic N) is 3. The highest BCUT2D eigenvalue weighted by Gasteiger charge is 2.11. The van der Waals surface area contributed by atoms with Crippen molar-refractivity contribution in [3.63, 3.8) is 0 Å². The van der Waals surface area contributed by atoms with Crippen LogP contribution < -0.4 is 5.32 Å². The van der Waals surface area contributed by atoms with Gasteiger partial charge in [0, 0.05) is 24.3 Å². The maximum Gasteiger partial charge on any atom is 0.270 e. The monoisotopic (exact) mass is 234 g/mol. The third-order valence-electron chi connectivity index (χ3n) is 1.83. The Kier molecular flexibility index (Phi) is 3.21. The van der Waals surface area contributed by atoms with E-state index in [1.54, 1.807) is 23.8 Å². The fourth-order valence-corrected chi connectivity index (χ4v) is 1.89. The summed E-state index contributed by atoms with van der Waals surface area (Å²) in [5.74, 6) is 0.379. The predicted molar refractivity (Wildman–Crippen MR) is 61.1 cm³/mol. The van der Waals surface area contributed by atoms with Gasteiger partial charge in [-0.15, -0.1) is 11.3 Å². The molecule has 5 nitrogen and oxygen atoms in total. The quantitative estimate of drug-likeness (QED) is 0.870. The lowest BCUT2D eigenvalue weighted by molar-refractivity contribution is 0.0951. The molecular weight excluding hydrogens is 224 g/mol. The Morgan fingerprint density at radius 2 is 2.19 bits per heavy atom. The summed E-state index contributed by atoms with van der Waals surface area (Å²) >= 11 is 1.36. The van der Waals surface area contributed by atoms with Crippen molar-refractivity contribution in [1.82, 2.24) is 20.3 Å². The Labute approximate surface area is 96.6 Å². The standard InChI is InChI=1S/C10H10N4OS/c1-2-11-9(15)7-6-16-10(14-7)8-12-4-3-5-13-8/h3-6H,2H2,1H3,(H,11,15). The summed E-state index contributed by atoms with van der Waals surface area (Å²) in [6.45, 7) is 2.46. The molecule has 0 aromatic carbocycles. The Morgan fingerprint density at radius 1 is 1.44 bits per heavy atom. The van der Waals surface area contributed by atoms with Gasteiger partial charge in [0.1, 0.15) is 5.69 Å². The van der Waals surface area contributed by atoms with Crippen molar-refractivity contribution in [3.05, 3.63) is 29.5 Å². The molecule has 0 spiro atoms. The second-order valence-corrected chi connectivity index (χ2v) is 3.83. The number of hydrogen-bond acceptors (Lipinski definition) is 5. The first-order chi connectivity index (χ1) is 7.81. The van der Waals surface area contributed by atoms with Crippen molar-refractivity contribution in [2.24, 2.45) is 0 Å². The van der Waals surface area contributed by atoms with Gasteiger partial charge in [0.05, 0.1) is 0 Å². The number of thiazole rings is 1. The topological polar surface area (TPSA) is 67.8 Å². The summed E-state index contributed by atoms with van der Waals surface area (Å²) in [6, 6.07) is 1.74. The maximum absolute atomic E-state index is 11.5. The summed E-state index contributed by atoms with van der Waals surface area (Å²) < 4.78 is 0. The SMILES string of the molecule is CCNC(=O)c1csc(-c2ncccn2)n1. The molecule has 0 aliphatic rings. The Hall–Kier alpha value is -1.82. The second kappa shape index (κ2) is 4.80. The molecule has 0 bridgehead atoms. The Morgan fingerprint density at radius 3 is 2.88 bits per heavy atom. The number of amides is 1. The van der Waals surface area contributed by atoms with Crippen LogP contribution in [0.15, 0.2) is 23.8 Å². The van der Waals surface area contributed by atoms with Crippen molar-refractivity contribution in [2.45, 2.75) is 6.92 Å². The third kappa shape index (κ3) is 2.22. The molecule has 82 valence electrons. The van der Waals surface area contributed by atoms with Crippen LogP contribution in [0.4, 0.5) is 0 Å². The van der Waals surface area contributed by atoms with E-state index in [4.69, 9.17) is 0 Å². The van der Waals surface area contributed by atoms with Crippen molar-refractivity contribution in [3.8, 4) is 10.8 Å². The largest absolute Gasteiger partial charge is 0.351 e. The number of nitrogens with one attached hydrogen (secondary N) is 1. The molecule has 0 saturated carbocycles. The summed E-state index contributed by atoms with van der Waals surface area (Å²) in [7, 11) is 0. The third-order valence-corrected chi connectivity index (χ3v) is 2.67. The first kappa shape index (κ1) is 10.7. The highest BCUT2D eigenvalue weighted by Crippen LogP contribution is 2.19. The molecule has 0 radical (unpaired) electrons. The van der Waals surface area contributed by atoms with Gasteiger partial charge in [-0.3, -0.25) is 4.79 Å². The molecule has 2 aromatic rings. The van der Waals surface area contributed by atoms with Crippen molar-refractivity contribution < 1.29 is 4.79 Å². The molecule has 6 heteroatoms. The smallest absolute Gasteiger partial charge is 0.270 e. The fourth-order valence-electron chi connectivity index (χ4n) is 1.14. The van der Waals surface area contributed by atoms with E-state index in [2.05, 4.69) is 20.3 Å². The molecule has 0 aliphatic heterocycles. The van der Waals surface area contributed by atoms with Crippen LogP contribution in [0.5, 0.6) is 0 Å². The minimum atomic E-state index is -0.166. The number of hydrogen-bond donors (Lipinski definition) is 1. The zero-order valence-electron chi connectivity index (χ0n) is 8.67.